The summed E-state index contributed by atoms with van der Waals surface area (Å²) in [6.07, 6.45) is 3.43. The van der Waals surface area contributed by atoms with E-state index in [0.717, 1.165) is 43.6 Å². The van der Waals surface area contributed by atoms with Crippen molar-refractivity contribution in [2.75, 3.05) is 26.3 Å². The molecule has 0 spiro atoms. The highest BCUT2D eigenvalue weighted by Crippen LogP contribution is 2.22. The maximum atomic E-state index is 5.74. The van der Waals surface area contributed by atoms with Crippen molar-refractivity contribution in [1.29, 1.82) is 0 Å². The molecule has 0 saturated carbocycles. The Hall–Kier alpha value is -0.380. The zero-order valence-electron chi connectivity index (χ0n) is 13.7. The van der Waals surface area contributed by atoms with E-state index in [0.29, 0.717) is 11.8 Å². The Balaban J connectivity index is 2.49. The Labute approximate surface area is 138 Å². The minimum atomic E-state index is 0.517. The number of hydrogen-bond acceptors (Lipinski definition) is 2. The van der Waals surface area contributed by atoms with E-state index in [1.807, 2.05) is 0 Å². The standard InChI is InChI=1S/C18H30BrNO/c1-4-5-10-21-11-9-17(14-20-13-15(2)3)16-7-6-8-18(19)12-16/h6-8,12,15,17,20H,4-5,9-11,13-14H2,1-3H3. The molecule has 0 aliphatic rings. The van der Waals surface area contributed by atoms with Gasteiger partial charge in [0, 0.05) is 24.2 Å². The zero-order valence-corrected chi connectivity index (χ0v) is 15.3. The summed E-state index contributed by atoms with van der Waals surface area (Å²) in [5.41, 5.74) is 1.39. The molecular weight excluding hydrogens is 326 g/mol. The van der Waals surface area contributed by atoms with Gasteiger partial charge in [0.05, 0.1) is 0 Å². The molecule has 2 nitrogen and oxygen atoms in total. The van der Waals surface area contributed by atoms with Gasteiger partial charge in [-0.05, 0) is 48.9 Å². The summed E-state index contributed by atoms with van der Waals surface area (Å²) in [4.78, 5) is 0. The molecule has 21 heavy (non-hydrogen) atoms. The van der Waals surface area contributed by atoms with E-state index in [4.69, 9.17) is 4.74 Å². The van der Waals surface area contributed by atoms with Crippen molar-refractivity contribution in [2.45, 2.75) is 46.0 Å². The summed E-state index contributed by atoms with van der Waals surface area (Å²) in [5, 5.41) is 3.58. The minimum Gasteiger partial charge on any atom is -0.381 e. The van der Waals surface area contributed by atoms with Gasteiger partial charge >= 0.3 is 0 Å². The lowest BCUT2D eigenvalue weighted by molar-refractivity contribution is 0.124. The Bertz CT molecular complexity index is 381. The van der Waals surface area contributed by atoms with Crippen molar-refractivity contribution < 1.29 is 4.74 Å². The lowest BCUT2D eigenvalue weighted by Crippen LogP contribution is -2.26. The van der Waals surface area contributed by atoms with Gasteiger partial charge in [-0.1, -0.05) is 55.3 Å². The topological polar surface area (TPSA) is 21.3 Å². The van der Waals surface area contributed by atoms with Gasteiger partial charge in [0.25, 0.3) is 0 Å². The maximum absolute atomic E-state index is 5.74. The van der Waals surface area contributed by atoms with Gasteiger partial charge in [-0.3, -0.25) is 0 Å². The summed E-state index contributed by atoms with van der Waals surface area (Å²) in [6, 6.07) is 8.65. The third-order valence-electron chi connectivity index (χ3n) is 3.52. The summed E-state index contributed by atoms with van der Waals surface area (Å²) in [7, 11) is 0. The zero-order chi connectivity index (χ0) is 15.5. The number of unbranched alkanes of at least 4 members (excludes halogenated alkanes) is 1. The smallest absolute Gasteiger partial charge is 0.0472 e. The number of nitrogens with one attached hydrogen (secondary N) is 1. The molecule has 1 unspecified atom stereocenters. The summed E-state index contributed by atoms with van der Waals surface area (Å²) in [6.45, 7) is 10.5. The van der Waals surface area contributed by atoms with E-state index >= 15 is 0 Å². The predicted molar refractivity (Wildman–Crippen MR) is 94.9 cm³/mol. The molecule has 1 N–H and O–H groups in total. The molecule has 0 bridgehead atoms. The van der Waals surface area contributed by atoms with Crippen LogP contribution in [0.2, 0.25) is 0 Å². The van der Waals surface area contributed by atoms with E-state index in [-0.39, 0.29) is 0 Å². The number of halogens is 1. The SMILES string of the molecule is CCCCOCCC(CNCC(C)C)c1cccc(Br)c1. The molecule has 0 aromatic heterocycles. The van der Waals surface area contributed by atoms with E-state index in [2.05, 4.69) is 66.3 Å². The van der Waals surface area contributed by atoms with Crippen molar-refractivity contribution in [3.63, 3.8) is 0 Å². The Morgan fingerprint density at radius 1 is 1.19 bits per heavy atom. The first-order valence-corrected chi connectivity index (χ1v) is 8.96. The molecule has 0 radical (unpaired) electrons. The molecule has 1 rings (SSSR count). The largest absolute Gasteiger partial charge is 0.381 e. The molecule has 0 aliphatic heterocycles. The number of rotatable bonds is 11. The second-order valence-electron chi connectivity index (χ2n) is 6.06. The van der Waals surface area contributed by atoms with Crippen LogP contribution in [-0.4, -0.2) is 26.3 Å². The van der Waals surface area contributed by atoms with Gasteiger partial charge in [-0.15, -0.1) is 0 Å². The maximum Gasteiger partial charge on any atom is 0.0472 e. The molecule has 1 aromatic carbocycles. The fourth-order valence-electron chi connectivity index (χ4n) is 2.27. The van der Waals surface area contributed by atoms with E-state index < -0.39 is 0 Å². The highest BCUT2D eigenvalue weighted by atomic mass is 79.9. The highest BCUT2D eigenvalue weighted by Gasteiger charge is 2.12. The Morgan fingerprint density at radius 2 is 2.00 bits per heavy atom. The fourth-order valence-corrected chi connectivity index (χ4v) is 2.68. The van der Waals surface area contributed by atoms with Gasteiger partial charge in [-0.2, -0.15) is 0 Å². The van der Waals surface area contributed by atoms with E-state index in [9.17, 15) is 0 Å². The molecule has 3 heteroatoms. The average molecular weight is 356 g/mol. The first-order valence-electron chi connectivity index (χ1n) is 8.17. The lowest BCUT2D eigenvalue weighted by Gasteiger charge is -2.19. The van der Waals surface area contributed by atoms with E-state index in [1.54, 1.807) is 0 Å². The molecule has 0 aliphatic carbocycles. The van der Waals surface area contributed by atoms with Crippen LogP contribution in [0.3, 0.4) is 0 Å². The van der Waals surface area contributed by atoms with Crippen LogP contribution in [0.5, 0.6) is 0 Å². The molecule has 120 valence electrons. The van der Waals surface area contributed by atoms with Gasteiger partial charge in [-0.25, -0.2) is 0 Å². The van der Waals surface area contributed by atoms with Crippen molar-refractivity contribution in [2.24, 2.45) is 5.92 Å². The molecule has 0 heterocycles. The number of ether oxygens (including phenoxy) is 1. The quantitative estimate of drug-likeness (QED) is 0.564. The van der Waals surface area contributed by atoms with Crippen LogP contribution < -0.4 is 5.32 Å². The van der Waals surface area contributed by atoms with Crippen LogP contribution >= 0.6 is 15.9 Å². The van der Waals surface area contributed by atoms with Crippen LogP contribution in [0.15, 0.2) is 28.7 Å². The molecule has 0 amide bonds. The third-order valence-corrected chi connectivity index (χ3v) is 4.01. The predicted octanol–water partition coefficient (Wildman–Crippen LogP) is 4.99. The summed E-state index contributed by atoms with van der Waals surface area (Å²) < 4.78 is 6.90. The van der Waals surface area contributed by atoms with Gasteiger partial charge in [0.2, 0.25) is 0 Å². The van der Waals surface area contributed by atoms with Crippen molar-refractivity contribution in [3.05, 3.63) is 34.3 Å². The molecule has 1 atom stereocenters. The molecular formula is C18H30BrNO. The van der Waals surface area contributed by atoms with Crippen molar-refractivity contribution >= 4 is 15.9 Å². The summed E-state index contributed by atoms with van der Waals surface area (Å²) >= 11 is 3.57. The van der Waals surface area contributed by atoms with Gasteiger partial charge < -0.3 is 10.1 Å². The first kappa shape index (κ1) is 18.7. The first-order chi connectivity index (χ1) is 10.1. The number of benzene rings is 1. The highest BCUT2D eigenvalue weighted by molar-refractivity contribution is 9.10. The normalized spacial score (nSPS) is 12.8. The van der Waals surface area contributed by atoms with Crippen molar-refractivity contribution in [1.82, 2.24) is 5.32 Å². The molecule has 0 saturated heterocycles. The number of hydrogen-bond donors (Lipinski definition) is 1. The second-order valence-corrected chi connectivity index (χ2v) is 6.97. The minimum absolute atomic E-state index is 0.517. The third kappa shape index (κ3) is 8.60. The Kier molecular flexibility index (Phi) is 9.98. The van der Waals surface area contributed by atoms with E-state index in [1.165, 1.54) is 12.0 Å². The van der Waals surface area contributed by atoms with Crippen LogP contribution in [0, 0.1) is 5.92 Å². The van der Waals surface area contributed by atoms with Gasteiger partial charge in [0.1, 0.15) is 0 Å². The Morgan fingerprint density at radius 3 is 2.67 bits per heavy atom. The van der Waals surface area contributed by atoms with Crippen LogP contribution in [0.25, 0.3) is 0 Å². The van der Waals surface area contributed by atoms with Crippen LogP contribution in [0.1, 0.15) is 51.5 Å². The molecule has 0 fully saturated rings. The molecule has 1 aromatic rings. The van der Waals surface area contributed by atoms with Crippen LogP contribution in [-0.2, 0) is 4.74 Å². The second kappa shape index (κ2) is 11.2. The fraction of sp³-hybridized carbons (Fsp3) is 0.667. The summed E-state index contributed by atoms with van der Waals surface area (Å²) in [5.74, 6) is 1.21. The van der Waals surface area contributed by atoms with Crippen molar-refractivity contribution in [3.8, 4) is 0 Å². The van der Waals surface area contributed by atoms with Crippen LogP contribution in [0.4, 0.5) is 0 Å². The lowest BCUT2D eigenvalue weighted by atomic mass is 9.96. The average Bonchev–Trinajstić information content (AvgIpc) is 2.45. The van der Waals surface area contributed by atoms with Gasteiger partial charge in [0.15, 0.2) is 0 Å². The monoisotopic (exact) mass is 355 g/mol.